The van der Waals surface area contributed by atoms with Crippen molar-refractivity contribution in [2.45, 2.75) is 38.7 Å². The average Bonchev–Trinajstić information content (AvgIpc) is 1.79. The minimum atomic E-state index is -0.164. The van der Waals surface area contributed by atoms with Crippen LogP contribution in [-0.2, 0) is 4.74 Å². The highest BCUT2D eigenvalue weighted by Crippen LogP contribution is 2.17. The molecule has 0 saturated carbocycles. The third-order valence-electron chi connectivity index (χ3n) is 0.825. The molecular weight excluding hydrogens is 289 g/mol. The van der Waals surface area contributed by atoms with E-state index in [0.29, 0.717) is 0 Å². The second-order valence-corrected chi connectivity index (χ2v) is 5.37. The van der Waals surface area contributed by atoms with E-state index >= 15 is 0 Å². The molecule has 0 aliphatic heterocycles. The van der Waals surface area contributed by atoms with Gasteiger partial charge in [-0.2, -0.15) is 0 Å². The van der Waals surface area contributed by atoms with Crippen molar-refractivity contribution in [1.82, 2.24) is 4.72 Å². The molecule has 0 rings (SSSR count). The number of halogens is 1. The molecule has 0 bridgehead atoms. The third kappa shape index (κ3) is 8.61. The quantitative estimate of drug-likeness (QED) is 0.286. The Morgan fingerprint density at radius 2 is 2.08 bits per heavy atom. The molecule has 0 fully saturated rings. The highest BCUT2D eigenvalue weighted by molar-refractivity contribution is 14.1. The summed E-state index contributed by atoms with van der Waals surface area (Å²) in [5.74, 6) is 0. The molecule has 0 aromatic carbocycles. The summed E-state index contributed by atoms with van der Waals surface area (Å²) in [5.41, 5.74) is -0.189. The molecule has 1 atom stereocenters. The van der Waals surface area contributed by atoms with Gasteiger partial charge in [-0.15, -0.1) is 0 Å². The van der Waals surface area contributed by atoms with Crippen LogP contribution in [0.1, 0.15) is 27.7 Å². The molecule has 0 heterocycles. The zero-order valence-electron chi connectivity index (χ0n) is 7.68. The van der Waals surface area contributed by atoms with Gasteiger partial charge in [0, 0.05) is 22.6 Å². The molecule has 0 spiro atoms. The lowest BCUT2D eigenvalue weighted by atomic mass is 10.2. The molecule has 1 N–H and O–H groups in total. The van der Waals surface area contributed by atoms with E-state index in [-0.39, 0.29) is 15.0 Å². The Labute approximate surface area is 91.3 Å². The monoisotopic (exact) mass is 303 g/mol. The molecule has 0 radical (unpaired) electrons. The maximum absolute atomic E-state index is 10.5. The van der Waals surface area contributed by atoms with Crippen LogP contribution in [0.15, 0.2) is 0 Å². The summed E-state index contributed by atoms with van der Waals surface area (Å²) >= 11 is 2.97. The SMILES string of the molecule is CC(OC(C)(C)C)SNC(=O)I. The van der Waals surface area contributed by atoms with Crippen molar-refractivity contribution in [1.29, 1.82) is 0 Å². The first-order valence-electron chi connectivity index (χ1n) is 3.60. The van der Waals surface area contributed by atoms with Gasteiger partial charge in [0.05, 0.1) is 5.60 Å². The van der Waals surface area contributed by atoms with Crippen molar-refractivity contribution in [3.8, 4) is 0 Å². The summed E-state index contributed by atoms with van der Waals surface area (Å²) in [7, 11) is 0. The van der Waals surface area contributed by atoms with Gasteiger partial charge < -0.3 is 4.74 Å². The minimum absolute atomic E-state index is 0.0243. The van der Waals surface area contributed by atoms with Gasteiger partial charge >= 0.3 is 0 Å². The van der Waals surface area contributed by atoms with E-state index < -0.39 is 0 Å². The Hall–Kier alpha value is 0.510. The number of amides is 1. The van der Waals surface area contributed by atoms with Crippen molar-refractivity contribution in [3.05, 3.63) is 0 Å². The van der Waals surface area contributed by atoms with Crippen LogP contribution in [0.4, 0.5) is 4.79 Å². The first kappa shape index (κ1) is 12.5. The first-order valence-corrected chi connectivity index (χ1v) is 5.56. The minimum Gasteiger partial charge on any atom is -0.361 e. The molecule has 3 nitrogen and oxygen atoms in total. The van der Waals surface area contributed by atoms with Crippen molar-refractivity contribution in [2.75, 3.05) is 0 Å². The molecular formula is C7H14INO2S. The van der Waals surface area contributed by atoms with Crippen LogP contribution in [0.5, 0.6) is 0 Å². The predicted molar refractivity (Wildman–Crippen MR) is 60.4 cm³/mol. The molecule has 72 valence electrons. The van der Waals surface area contributed by atoms with Gasteiger partial charge in [-0.3, -0.25) is 9.52 Å². The second-order valence-electron chi connectivity index (χ2n) is 3.29. The van der Waals surface area contributed by atoms with E-state index in [9.17, 15) is 4.79 Å². The Balaban J connectivity index is 3.60. The summed E-state index contributed by atoms with van der Waals surface area (Å²) in [6, 6.07) is 0. The summed E-state index contributed by atoms with van der Waals surface area (Å²) < 4.78 is 8.06. The Bertz CT molecular complexity index is 158. The molecule has 0 aromatic rings. The zero-order chi connectivity index (χ0) is 9.78. The largest absolute Gasteiger partial charge is 0.361 e. The van der Waals surface area contributed by atoms with Crippen molar-refractivity contribution >= 4 is 38.5 Å². The van der Waals surface area contributed by atoms with Gasteiger partial charge in [-0.25, -0.2) is 0 Å². The van der Waals surface area contributed by atoms with E-state index in [1.54, 1.807) is 22.6 Å². The molecule has 1 unspecified atom stereocenters. The molecule has 5 heteroatoms. The van der Waals surface area contributed by atoms with E-state index in [1.807, 2.05) is 27.7 Å². The summed E-state index contributed by atoms with van der Waals surface area (Å²) in [6.45, 7) is 7.85. The van der Waals surface area contributed by atoms with Gasteiger partial charge in [0.2, 0.25) is 0 Å². The Kier molecular flexibility index (Phi) is 5.51. The molecule has 12 heavy (non-hydrogen) atoms. The van der Waals surface area contributed by atoms with Crippen LogP contribution in [0, 0.1) is 0 Å². The van der Waals surface area contributed by atoms with Gasteiger partial charge in [0.1, 0.15) is 5.44 Å². The van der Waals surface area contributed by atoms with E-state index in [0.717, 1.165) is 0 Å². The number of ether oxygens (including phenoxy) is 1. The van der Waals surface area contributed by atoms with Crippen LogP contribution in [-0.4, -0.2) is 15.0 Å². The van der Waals surface area contributed by atoms with Gasteiger partial charge in [-0.05, 0) is 39.6 Å². The van der Waals surface area contributed by atoms with Crippen LogP contribution < -0.4 is 4.72 Å². The van der Waals surface area contributed by atoms with Gasteiger partial charge in [0.15, 0.2) is 0 Å². The number of nitrogens with one attached hydrogen (secondary N) is 1. The lowest BCUT2D eigenvalue weighted by molar-refractivity contribution is -0.0117. The fraction of sp³-hybridized carbons (Fsp3) is 0.857. The maximum atomic E-state index is 10.5. The van der Waals surface area contributed by atoms with Crippen LogP contribution in [0.2, 0.25) is 0 Å². The van der Waals surface area contributed by atoms with E-state index in [4.69, 9.17) is 4.74 Å². The van der Waals surface area contributed by atoms with E-state index in [2.05, 4.69) is 4.72 Å². The van der Waals surface area contributed by atoms with Gasteiger partial charge in [0.25, 0.3) is 3.91 Å². The molecule has 0 aromatic heterocycles. The topological polar surface area (TPSA) is 38.3 Å². The molecule has 1 amide bonds. The van der Waals surface area contributed by atoms with Crippen molar-refractivity contribution < 1.29 is 9.53 Å². The normalized spacial score (nSPS) is 14.1. The van der Waals surface area contributed by atoms with Gasteiger partial charge in [-0.1, -0.05) is 0 Å². The average molecular weight is 303 g/mol. The maximum Gasteiger partial charge on any atom is 0.290 e. The van der Waals surface area contributed by atoms with Crippen LogP contribution >= 0.6 is 34.5 Å². The summed E-state index contributed by atoms with van der Waals surface area (Å²) in [6.07, 6.45) is 0. The number of carbonyl (C=O) groups excluding carboxylic acids is 1. The second kappa shape index (κ2) is 5.29. The first-order chi connectivity index (χ1) is 5.31. The third-order valence-corrected chi connectivity index (χ3v) is 2.19. The zero-order valence-corrected chi connectivity index (χ0v) is 10.7. The Morgan fingerprint density at radius 1 is 1.58 bits per heavy atom. The van der Waals surface area contributed by atoms with E-state index in [1.165, 1.54) is 11.9 Å². The van der Waals surface area contributed by atoms with Crippen LogP contribution in [0.25, 0.3) is 0 Å². The number of rotatable bonds is 3. The van der Waals surface area contributed by atoms with Crippen LogP contribution in [0.3, 0.4) is 0 Å². The van der Waals surface area contributed by atoms with Crippen molar-refractivity contribution in [3.63, 3.8) is 0 Å². The standard InChI is InChI=1S/C7H14INO2S/c1-5(11-7(2,3)4)12-9-6(8)10/h5H,1-4H3,(H,9,10). The lowest BCUT2D eigenvalue weighted by Crippen LogP contribution is -2.25. The number of hydrogen-bond acceptors (Lipinski definition) is 3. The fourth-order valence-corrected chi connectivity index (χ4v) is 1.63. The fourth-order valence-electron chi connectivity index (χ4n) is 0.651. The predicted octanol–water partition coefficient (Wildman–Crippen LogP) is 2.94. The molecule has 0 aliphatic rings. The Morgan fingerprint density at radius 3 is 2.42 bits per heavy atom. The summed E-state index contributed by atoms with van der Waals surface area (Å²) in [4.78, 5) is 10.5. The number of hydrogen-bond donors (Lipinski definition) is 1. The summed E-state index contributed by atoms with van der Waals surface area (Å²) in [5, 5.41) is 0. The number of carbonyl (C=O) groups is 1. The van der Waals surface area contributed by atoms with Crippen molar-refractivity contribution in [2.24, 2.45) is 0 Å². The highest BCUT2D eigenvalue weighted by atomic mass is 127. The lowest BCUT2D eigenvalue weighted by Gasteiger charge is -2.24. The highest BCUT2D eigenvalue weighted by Gasteiger charge is 2.15. The molecule has 0 aliphatic carbocycles. The molecule has 0 saturated heterocycles. The smallest absolute Gasteiger partial charge is 0.290 e.